The molecule has 0 spiro atoms. The van der Waals surface area contributed by atoms with Gasteiger partial charge in [0.25, 0.3) is 0 Å². The van der Waals surface area contributed by atoms with Crippen molar-refractivity contribution in [3.8, 4) is 17.0 Å². The molecule has 0 fully saturated rings. The summed E-state index contributed by atoms with van der Waals surface area (Å²) in [6.45, 7) is 1.26. The average Bonchev–Trinajstić information content (AvgIpc) is 2.47. The van der Waals surface area contributed by atoms with Crippen molar-refractivity contribution in [3.05, 3.63) is 40.0 Å². The van der Waals surface area contributed by atoms with E-state index in [1.165, 1.54) is 12.4 Å². The number of aryl methyl sites for hydroxylation is 1. The second-order valence-electron chi connectivity index (χ2n) is 4.28. The molecule has 1 aromatic heterocycles. The molecule has 0 aliphatic carbocycles. The van der Waals surface area contributed by atoms with E-state index in [4.69, 9.17) is 33.0 Å². The normalized spacial score (nSPS) is 10.5. The number of carbonyl (C=O) groups is 1. The average molecular weight is 345 g/mol. The summed E-state index contributed by atoms with van der Waals surface area (Å²) in [5.74, 6) is -1.78. The van der Waals surface area contributed by atoms with Crippen LogP contribution in [0.4, 0.5) is 4.39 Å². The monoisotopic (exact) mass is 344 g/mol. The van der Waals surface area contributed by atoms with Gasteiger partial charge < -0.3 is 9.84 Å². The molecule has 0 unspecified atom stereocenters. The van der Waals surface area contributed by atoms with Crippen LogP contribution in [0.3, 0.4) is 0 Å². The van der Waals surface area contributed by atoms with Gasteiger partial charge in [0, 0.05) is 5.56 Å². The summed E-state index contributed by atoms with van der Waals surface area (Å²) in [6.07, 6.45) is 1.85. The molecule has 8 heteroatoms. The highest BCUT2D eigenvalue weighted by atomic mass is 35.5. The number of rotatable bonds is 5. The first-order valence-electron chi connectivity index (χ1n) is 6.27. The minimum Gasteiger partial charge on any atom is -0.480 e. The number of benzene rings is 1. The van der Waals surface area contributed by atoms with Gasteiger partial charge in [0.15, 0.2) is 6.61 Å². The largest absolute Gasteiger partial charge is 0.480 e. The van der Waals surface area contributed by atoms with E-state index in [0.29, 0.717) is 12.1 Å². The van der Waals surface area contributed by atoms with Crippen LogP contribution in [0.5, 0.6) is 5.75 Å². The lowest BCUT2D eigenvalue weighted by molar-refractivity contribution is -0.139. The van der Waals surface area contributed by atoms with Crippen molar-refractivity contribution in [1.82, 2.24) is 9.97 Å². The van der Waals surface area contributed by atoms with E-state index in [1.54, 1.807) is 0 Å². The van der Waals surface area contributed by atoms with Crippen LogP contribution in [0.1, 0.15) is 12.6 Å². The fraction of sp³-hybridized carbons (Fsp3) is 0.214. The maximum atomic E-state index is 14.2. The third-order valence-electron chi connectivity index (χ3n) is 2.82. The Hall–Kier alpha value is -1.92. The number of hydrogen-bond acceptors (Lipinski definition) is 4. The fourth-order valence-electron chi connectivity index (χ4n) is 1.80. The number of halogens is 3. The van der Waals surface area contributed by atoms with E-state index >= 15 is 0 Å². The molecule has 0 saturated heterocycles. The van der Waals surface area contributed by atoms with Crippen LogP contribution in [-0.4, -0.2) is 27.7 Å². The molecule has 0 saturated carbocycles. The van der Waals surface area contributed by atoms with Crippen molar-refractivity contribution >= 4 is 29.2 Å². The van der Waals surface area contributed by atoms with Crippen molar-refractivity contribution in [2.24, 2.45) is 0 Å². The van der Waals surface area contributed by atoms with Crippen LogP contribution in [0.2, 0.25) is 10.0 Å². The van der Waals surface area contributed by atoms with Crippen LogP contribution in [0, 0.1) is 5.82 Å². The highest BCUT2D eigenvalue weighted by Crippen LogP contribution is 2.35. The van der Waals surface area contributed by atoms with Gasteiger partial charge in [0.2, 0.25) is 0 Å². The topological polar surface area (TPSA) is 72.3 Å². The molecule has 0 amide bonds. The van der Waals surface area contributed by atoms with Crippen LogP contribution < -0.4 is 4.74 Å². The number of aromatic nitrogens is 2. The second kappa shape index (κ2) is 6.89. The van der Waals surface area contributed by atoms with Gasteiger partial charge in [0.1, 0.15) is 17.9 Å². The van der Waals surface area contributed by atoms with E-state index < -0.39 is 18.4 Å². The molecule has 2 aromatic rings. The summed E-state index contributed by atoms with van der Waals surface area (Å²) in [5.41, 5.74) is 0.837. The van der Waals surface area contributed by atoms with Crippen molar-refractivity contribution in [2.75, 3.05) is 6.61 Å². The molecule has 0 aliphatic heterocycles. The lowest BCUT2D eigenvalue weighted by atomic mass is 10.1. The standard InChI is InChI=1S/C14H11Cl2FN2O3/c1-2-10-13(16)14(19-6-18-10)7-3-11(22-5-12(20)21)8(15)4-9(7)17/h3-4,6H,2,5H2,1H3,(H,20,21). The predicted molar refractivity (Wildman–Crippen MR) is 80.0 cm³/mol. The van der Waals surface area contributed by atoms with Crippen molar-refractivity contribution in [1.29, 1.82) is 0 Å². The minimum atomic E-state index is -1.17. The molecular formula is C14H11Cl2FN2O3. The molecule has 22 heavy (non-hydrogen) atoms. The molecule has 2 rings (SSSR count). The zero-order valence-electron chi connectivity index (χ0n) is 11.4. The third-order valence-corrected chi connectivity index (χ3v) is 3.52. The lowest BCUT2D eigenvalue weighted by Crippen LogP contribution is -2.10. The highest BCUT2D eigenvalue weighted by molar-refractivity contribution is 6.34. The Kier molecular flexibility index (Phi) is 5.15. The van der Waals surface area contributed by atoms with Crippen molar-refractivity contribution < 1.29 is 19.0 Å². The first-order chi connectivity index (χ1) is 10.4. The van der Waals surface area contributed by atoms with Gasteiger partial charge in [-0.25, -0.2) is 19.2 Å². The van der Waals surface area contributed by atoms with Crippen molar-refractivity contribution in [2.45, 2.75) is 13.3 Å². The van der Waals surface area contributed by atoms with Gasteiger partial charge in [-0.05, 0) is 18.6 Å². The van der Waals surface area contributed by atoms with E-state index in [9.17, 15) is 9.18 Å². The van der Waals surface area contributed by atoms with E-state index in [1.807, 2.05) is 6.92 Å². The Morgan fingerprint density at radius 2 is 2.09 bits per heavy atom. The van der Waals surface area contributed by atoms with Gasteiger partial charge >= 0.3 is 5.97 Å². The first kappa shape index (κ1) is 16.5. The summed E-state index contributed by atoms with van der Waals surface area (Å²) in [5, 5.41) is 8.83. The molecule has 1 heterocycles. The van der Waals surface area contributed by atoms with E-state index in [-0.39, 0.29) is 27.1 Å². The molecule has 0 bridgehead atoms. The predicted octanol–water partition coefficient (Wildman–Crippen LogP) is 3.62. The Bertz CT molecular complexity index is 725. The van der Waals surface area contributed by atoms with Crippen LogP contribution in [-0.2, 0) is 11.2 Å². The summed E-state index contributed by atoms with van der Waals surface area (Å²) < 4.78 is 19.2. The quantitative estimate of drug-likeness (QED) is 0.896. The van der Waals surface area contributed by atoms with Gasteiger partial charge in [0.05, 0.1) is 21.4 Å². The van der Waals surface area contributed by atoms with Gasteiger partial charge in [-0.3, -0.25) is 0 Å². The van der Waals surface area contributed by atoms with Crippen LogP contribution in [0.15, 0.2) is 18.5 Å². The summed E-state index contributed by atoms with van der Waals surface area (Å²) in [6, 6.07) is 2.30. The SMILES string of the molecule is CCc1ncnc(-c2cc(OCC(=O)O)c(Cl)cc2F)c1Cl. The zero-order valence-corrected chi connectivity index (χ0v) is 13.0. The molecule has 0 atom stereocenters. The van der Waals surface area contributed by atoms with Crippen molar-refractivity contribution in [3.63, 3.8) is 0 Å². The zero-order chi connectivity index (χ0) is 16.3. The maximum absolute atomic E-state index is 14.2. The summed E-state index contributed by atoms with van der Waals surface area (Å²) in [7, 11) is 0. The molecule has 0 aliphatic rings. The Morgan fingerprint density at radius 3 is 2.73 bits per heavy atom. The number of ether oxygens (including phenoxy) is 1. The summed E-state index contributed by atoms with van der Waals surface area (Å²) in [4.78, 5) is 18.6. The van der Waals surface area contributed by atoms with Crippen LogP contribution in [0.25, 0.3) is 11.3 Å². The maximum Gasteiger partial charge on any atom is 0.341 e. The highest BCUT2D eigenvalue weighted by Gasteiger charge is 2.17. The van der Waals surface area contributed by atoms with Gasteiger partial charge in [-0.1, -0.05) is 30.1 Å². The Balaban J connectivity index is 2.51. The Morgan fingerprint density at radius 1 is 1.36 bits per heavy atom. The number of carboxylic acids is 1. The summed E-state index contributed by atoms with van der Waals surface area (Å²) >= 11 is 12.0. The smallest absolute Gasteiger partial charge is 0.341 e. The molecule has 0 radical (unpaired) electrons. The number of nitrogens with zero attached hydrogens (tertiary/aromatic N) is 2. The second-order valence-corrected chi connectivity index (χ2v) is 5.07. The number of aliphatic carboxylic acids is 1. The Labute approximate surface area is 135 Å². The fourth-order valence-corrected chi connectivity index (χ4v) is 2.34. The van der Waals surface area contributed by atoms with Gasteiger partial charge in [-0.15, -0.1) is 0 Å². The van der Waals surface area contributed by atoms with Crippen LogP contribution >= 0.6 is 23.2 Å². The molecule has 1 N–H and O–H groups in total. The first-order valence-corrected chi connectivity index (χ1v) is 7.03. The third kappa shape index (κ3) is 3.45. The van der Waals surface area contributed by atoms with Gasteiger partial charge in [-0.2, -0.15) is 0 Å². The molecule has 5 nitrogen and oxygen atoms in total. The minimum absolute atomic E-state index is 0.0354. The number of hydrogen-bond donors (Lipinski definition) is 1. The van der Waals surface area contributed by atoms with E-state index in [2.05, 4.69) is 9.97 Å². The van der Waals surface area contributed by atoms with E-state index in [0.717, 1.165) is 6.07 Å². The number of carboxylic acid groups (broad SMARTS) is 1. The lowest BCUT2D eigenvalue weighted by Gasteiger charge is -2.11. The molecular weight excluding hydrogens is 334 g/mol. The molecule has 116 valence electrons. The molecule has 1 aromatic carbocycles.